The fourth-order valence-electron chi connectivity index (χ4n) is 3.11. The van der Waals surface area contributed by atoms with Crippen molar-refractivity contribution in [3.05, 3.63) is 59.2 Å². The number of methoxy groups -OCH3 is 1. The summed E-state index contributed by atoms with van der Waals surface area (Å²) in [5.41, 5.74) is 3.12. The van der Waals surface area contributed by atoms with E-state index in [-0.39, 0.29) is 18.1 Å². The van der Waals surface area contributed by atoms with Crippen LogP contribution in [-0.2, 0) is 6.42 Å². The Bertz CT molecular complexity index is 739. The molecular weight excluding hydrogens is 302 g/mol. The minimum absolute atomic E-state index is 0.0496. The number of ether oxygens (including phenoxy) is 2. The number of carbonyl (C=O) groups excluding carboxylic acids is 1. The summed E-state index contributed by atoms with van der Waals surface area (Å²) < 4.78 is 11.1. The van der Waals surface area contributed by atoms with Gasteiger partial charge in [-0.15, -0.1) is 0 Å². The second-order valence-electron chi connectivity index (χ2n) is 6.30. The summed E-state index contributed by atoms with van der Waals surface area (Å²) in [6, 6.07) is 13.6. The van der Waals surface area contributed by atoms with Gasteiger partial charge < -0.3 is 14.8 Å². The Balaban J connectivity index is 1.76. The molecule has 1 aliphatic rings. The first-order valence-corrected chi connectivity index (χ1v) is 8.32. The summed E-state index contributed by atoms with van der Waals surface area (Å²) >= 11 is 0. The predicted molar refractivity (Wildman–Crippen MR) is 93.7 cm³/mol. The minimum atomic E-state index is -0.0916. The van der Waals surface area contributed by atoms with Crippen LogP contribution in [0.5, 0.6) is 11.5 Å². The van der Waals surface area contributed by atoms with Crippen LogP contribution in [0, 0.1) is 0 Å². The van der Waals surface area contributed by atoms with E-state index in [1.54, 1.807) is 25.3 Å². The predicted octanol–water partition coefficient (Wildman–Crippen LogP) is 3.90. The summed E-state index contributed by atoms with van der Waals surface area (Å²) in [6.45, 7) is 3.91. The average molecular weight is 325 g/mol. The van der Waals surface area contributed by atoms with Crippen molar-refractivity contribution in [2.24, 2.45) is 0 Å². The van der Waals surface area contributed by atoms with Crippen LogP contribution in [0.15, 0.2) is 42.5 Å². The molecule has 2 aromatic rings. The number of aryl methyl sites for hydroxylation is 1. The van der Waals surface area contributed by atoms with E-state index in [0.717, 1.165) is 12.8 Å². The smallest absolute Gasteiger partial charge is 0.251 e. The summed E-state index contributed by atoms with van der Waals surface area (Å²) in [5.74, 6) is 1.13. The van der Waals surface area contributed by atoms with Gasteiger partial charge in [-0.05, 0) is 56.0 Å². The molecule has 0 aliphatic heterocycles. The molecule has 0 saturated heterocycles. The molecule has 0 fully saturated rings. The zero-order valence-corrected chi connectivity index (χ0v) is 14.3. The van der Waals surface area contributed by atoms with Crippen molar-refractivity contribution in [2.45, 2.75) is 38.8 Å². The third-order valence-electron chi connectivity index (χ3n) is 4.23. The van der Waals surface area contributed by atoms with E-state index in [4.69, 9.17) is 9.47 Å². The highest BCUT2D eigenvalue weighted by molar-refractivity contribution is 5.95. The Kier molecular flexibility index (Phi) is 4.74. The van der Waals surface area contributed by atoms with Gasteiger partial charge in [0, 0.05) is 5.56 Å². The van der Waals surface area contributed by atoms with E-state index in [1.807, 2.05) is 26.0 Å². The Morgan fingerprint density at radius 1 is 1.17 bits per heavy atom. The van der Waals surface area contributed by atoms with Crippen LogP contribution in [0.1, 0.15) is 47.8 Å². The van der Waals surface area contributed by atoms with E-state index in [9.17, 15) is 4.79 Å². The van der Waals surface area contributed by atoms with Gasteiger partial charge in [-0.25, -0.2) is 0 Å². The lowest BCUT2D eigenvalue weighted by Gasteiger charge is -2.16. The van der Waals surface area contributed by atoms with Crippen molar-refractivity contribution in [2.75, 3.05) is 7.11 Å². The summed E-state index contributed by atoms with van der Waals surface area (Å²) in [6.07, 6.45) is 2.00. The van der Waals surface area contributed by atoms with Gasteiger partial charge in [0.15, 0.2) is 11.5 Å². The molecule has 4 heteroatoms. The molecule has 1 N–H and O–H groups in total. The Labute approximate surface area is 142 Å². The molecule has 1 unspecified atom stereocenters. The van der Waals surface area contributed by atoms with Gasteiger partial charge >= 0.3 is 0 Å². The minimum Gasteiger partial charge on any atom is -0.493 e. The molecule has 0 bridgehead atoms. The highest BCUT2D eigenvalue weighted by atomic mass is 16.5. The molecule has 0 heterocycles. The van der Waals surface area contributed by atoms with Crippen LogP contribution in [0.25, 0.3) is 0 Å². The molecule has 1 amide bonds. The Morgan fingerprint density at radius 3 is 2.71 bits per heavy atom. The van der Waals surface area contributed by atoms with Crippen molar-refractivity contribution in [3.8, 4) is 11.5 Å². The van der Waals surface area contributed by atoms with Crippen LogP contribution in [0.4, 0.5) is 0 Å². The third kappa shape index (κ3) is 3.37. The summed E-state index contributed by atoms with van der Waals surface area (Å²) in [7, 11) is 1.58. The lowest BCUT2D eigenvalue weighted by molar-refractivity contribution is 0.0936. The van der Waals surface area contributed by atoms with Gasteiger partial charge in [0.05, 0.1) is 19.3 Å². The number of nitrogens with one attached hydrogen (secondary N) is 1. The first kappa shape index (κ1) is 16.4. The monoisotopic (exact) mass is 325 g/mol. The average Bonchev–Trinajstić information content (AvgIpc) is 2.98. The number of hydrogen-bond donors (Lipinski definition) is 1. The zero-order chi connectivity index (χ0) is 17.1. The molecule has 0 spiro atoms. The lowest BCUT2D eigenvalue weighted by Crippen LogP contribution is -2.27. The fourth-order valence-corrected chi connectivity index (χ4v) is 3.11. The van der Waals surface area contributed by atoms with E-state index in [1.165, 1.54) is 11.1 Å². The third-order valence-corrected chi connectivity index (χ3v) is 4.23. The van der Waals surface area contributed by atoms with Crippen molar-refractivity contribution in [1.82, 2.24) is 5.32 Å². The summed E-state index contributed by atoms with van der Waals surface area (Å²) in [4.78, 5) is 12.6. The maximum absolute atomic E-state index is 12.6. The number of carbonyl (C=O) groups is 1. The van der Waals surface area contributed by atoms with E-state index in [2.05, 4.69) is 17.4 Å². The summed E-state index contributed by atoms with van der Waals surface area (Å²) in [5, 5.41) is 3.13. The normalized spacial score (nSPS) is 15.9. The molecular formula is C20H23NO3. The van der Waals surface area contributed by atoms with Crippen LogP contribution in [0.2, 0.25) is 0 Å². The maximum Gasteiger partial charge on any atom is 0.251 e. The molecule has 2 aromatic carbocycles. The highest BCUT2D eigenvalue weighted by Crippen LogP contribution is 2.32. The quantitative estimate of drug-likeness (QED) is 0.907. The first-order valence-electron chi connectivity index (χ1n) is 8.32. The maximum atomic E-state index is 12.6. The number of hydrogen-bond acceptors (Lipinski definition) is 3. The fraction of sp³-hybridized carbons (Fsp3) is 0.350. The largest absolute Gasteiger partial charge is 0.493 e. The van der Waals surface area contributed by atoms with Crippen LogP contribution in [-0.4, -0.2) is 19.1 Å². The number of amides is 1. The van der Waals surface area contributed by atoms with Crippen LogP contribution >= 0.6 is 0 Å². The molecule has 0 aromatic heterocycles. The second kappa shape index (κ2) is 6.95. The van der Waals surface area contributed by atoms with Gasteiger partial charge in [-0.3, -0.25) is 4.79 Å². The van der Waals surface area contributed by atoms with Crippen LogP contribution in [0.3, 0.4) is 0 Å². The molecule has 3 rings (SSSR count). The zero-order valence-electron chi connectivity index (χ0n) is 14.3. The van der Waals surface area contributed by atoms with Gasteiger partial charge in [-0.2, -0.15) is 0 Å². The van der Waals surface area contributed by atoms with Gasteiger partial charge in [0.2, 0.25) is 0 Å². The number of benzene rings is 2. The van der Waals surface area contributed by atoms with E-state index in [0.29, 0.717) is 17.1 Å². The van der Waals surface area contributed by atoms with Gasteiger partial charge in [0.25, 0.3) is 5.91 Å². The standard InChI is InChI=1S/C20H23NO3/c1-13(2)24-18-11-9-15(12-19(18)23-3)20(22)21-17-10-8-14-6-4-5-7-16(14)17/h4-7,9,11-13,17H,8,10H2,1-3H3,(H,21,22). The topological polar surface area (TPSA) is 47.6 Å². The molecule has 1 atom stereocenters. The lowest BCUT2D eigenvalue weighted by atomic mass is 10.1. The van der Waals surface area contributed by atoms with Crippen molar-refractivity contribution >= 4 is 5.91 Å². The number of fused-ring (bicyclic) bond motifs is 1. The molecule has 24 heavy (non-hydrogen) atoms. The second-order valence-corrected chi connectivity index (χ2v) is 6.30. The van der Waals surface area contributed by atoms with E-state index < -0.39 is 0 Å². The molecule has 4 nitrogen and oxygen atoms in total. The van der Waals surface area contributed by atoms with Gasteiger partial charge in [-0.1, -0.05) is 24.3 Å². The molecule has 1 aliphatic carbocycles. The Morgan fingerprint density at radius 2 is 1.96 bits per heavy atom. The van der Waals surface area contributed by atoms with E-state index >= 15 is 0 Å². The van der Waals surface area contributed by atoms with Crippen LogP contribution < -0.4 is 14.8 Å². The Hall–Kier alpha value is -2.49. The molecule has 0 radical (unpaired) electrons. The first-order chi connectivity index (χ1) is 11.6. The van der Waals surface area contributed by atoms with Crippen molar-refractivity contribution in [1.29, 1.82) is 0 Å². The molecule has 0 saturated carbocycles. The van der Waals surface area contributed by atoms with Crippen molar-refractivity contribution in [3.63, 3.8) is 0 Å². The van der Waals surface area contributed by atoms with Crippen molar-refractivity contribution < 1.29 is 14.3 Å². The number of rotatable bonds is 5. The molecule has 126 valence electrons. The highest BCUT2D eigenvalue weighted by Gasteiger charge is 2.24. The van der Waals surface area contributed by atoms with Gasteiger partial charge in [0.1, 0.15) is 0 Å². The SMILES string of the molecule is COc1cc(C(=O)NC2CCc3ccccc32)ccc1OC(C)C.